The number of likely N-dealkylation sites (N-methyl/N-ethyl adjacent to an activating group) is 1. The van der Waals surface area contributed by atoms with Gasteiger partial charge in [0, 0.05) is 24.1 Å². The highest BCUT2D eigenvalue weighted by Crippen LogP contribution is 2.12. The van der Waals surface area contributed by atoms with E-state index in [1.54, 1.807) is 13.1 Å². The lowest BCUT2D eigenvalue weighted by Gasteiger charge is -2.19. The summed E-state index contributed by atoms with van der Waals surface area (Å²) in [5, 5.41) is 8.49. The van der Waals surface area contributed by atoms with E-state index in [1.807, 2.05) is 30.3 Å². The molecular formula is C16H17BrN2O3. The van der Waals surface area contributed by atoms with Gasteiger partial charge in [-0.25, -0.2) is 4.79 Å². The van der Waals surface area contributed by atoms with E-state index < -0.39 is 12.1 Å². The molecule has 0 heterocycles. The number of rotatable bonds is 6. The van der Waals surface area contributed by atoms with E-state index in [9.17, 15) is 9.59 Å². The molecule has 0 aliphatic rings. The van der Waals surface area contributed by atoms with Gasteiger partial charge in [-0.15, -0.1) is 0 Å². The number of hydrogen-bond acceptors (Lipinski definition) is 4. The zero-order valence-electron chi connectivity index (χ0n) is 12.5. The van der Waals surface area contributed by atoms with Gasteiger partial charge in [-0.1, -0.05) is 28.1 Å². The van der Waals surface area contributed by atoms with Gasteiger partial charge in [-0.2, -0.15) is 5.26 Å². The molecule has 0 saturated carbocycles. The molecule has 1 atom stereocenters. The Hall–Kier alpha value is -2.13. The first-order valence-electron chi connectivity index (χ1n) is 6.70. The Morgan fingerprint density at radius 2 is 2.23 bits per heavy atom. The quantitative estimate of drug-likeness (QED) is 0.574. The number of carbonyl (C=O) groups is 2. The van der Waals surface area contributed by atoms with Crippen LogP contribution in [0.15, 0.2) is 34.8 Å². The number of ether oxygens (including phenoxy) is 1. The third kappa shape index (κ3) is 6.10. The van der Waals surface area contributed by atoms with E-state index in [0.717, 1.165) is 10.0 Å². The van der Waals surface area contributed by atoms with Crippen LogP contribution in [0, 0.1) is 11.3 Å². The van der Waals surface area contributed by atoms with Crippen molar-refractivity contribution >= 4 is 33.9 Å². The predicted molar refractivity (Wildman–Crippen MR) is 86.6 cm³/mol. The fraction of sp³-hybridized carbons (Fsp3) is 0.312. The second kappa shape index (κ2) is 9.00. The molecule has 0 spiro atoms. The minimum Gasteiger partial charge on any atom is -0.449 e. The van der Waals surface area contributed by atoms with Crippen molar-refractivity contribution in [2.45, 2.75) is 19.4 Å². The first kappa shape index (κ1) is 17.9. The second-order valence-corrected chi connectivity index (χ2v) is 5.55. The molecule has 1 amide bonds. The smallest absolute Gasteiger partial charge is 0.331 e. The number of esters is 1. The van der Waals surface area contributed by atoms with Gasteiger partial charge in [-0.05, 0) is 30.7 Å². The number of nitriles is 1. The lowest BCUT2D eigenvalue weighted by atomic mass is 10.2. The molecule has 0 aliphatic carbocycles. The van der Waals surface area contributed by atoms with Gasteiger partial charge < -0.3 is 9.64 Å². The second-order valence-electron chi connectivity index (χ2n) is 4.64. The molecule has 0 aromatic heterocycles. The maximum atomic E-state index is 11.9. The molecule has 0 radical (unpaired) electrons. The maximum absolute atomic E-state index is 11.9. The number of halogens is 1. The summed E-state index contributed by atoms with van der Waals surface area (Å²) in [5.74, 6) is -0.922. The topological polar surface area (TPSA) is 70.4 Å². The molecule has 0 bridgehead atoms. The van der Waals surface area contributed by atoms with E-state index >= 15 is 0 Å². The molecule has 5 nitrogen and oxygen atoms in total. The zero-order valence-corrected chi connectivity index (χ0v) is 14.0. The summed E-state index contributed by atoms with van der Waals surface area (Å²) < 4.78 is 5.96. The highest BCUT2D eigenvalue weighted by Gasteiger charge is 2.20. The van der Waals surface area contributed by atoms with Crippen LogP contribution in [0.2, 0.25) is 0 Å². The average Bonchev–Trinajstić information content (AvgIpc) is 2.49. The van der Waals surface area contributed by atoms with Gasteiger partial charge in [0.05, 0.1) is 12.5 Å². The highest BCUT2D eigenvalue weighted by atomic mass is 79.9. The van der Waals surface area contributed by atoms with E-state index in [0.29, 0.717) is 6.54 Å². The maximum Gasteiger partial charge on any atom is 0.331 e. The van der Waals surface area contributed by atoms with Crippen LogP contribution >= 0.6 is 15.9 Å². The summed E-state index contributed by atoms with van der Waals surface area (Å²) >= 11 is 3.34. The Morgan fingerprint density at radius 1 is 1.50 bits per heavy atom. The Labute approximate surface area is 138 Å². The van der Waals surface area contributed by atoms with Crippen molar-refractivity contribution in [3.63, 3.8) is 0 Å². The van der Waals surface area contributed by atoms with Crippen LogP contribution in [0.1, 0.15) is 18.9 Å². The van der Waals surface area contributed by atoms with E-state index in [1.165, 1.54) is 17.9 Å². The number of hydrogen-bond donors (Lipinski definition) is 0. The van der Waals surface area contributed by atoms with Crippen LogP contribution in [-0.2, 0) is 14.3 Å². The lowest BCUT2D eigenvalue weighted by molar-refractivity contribution is -0.154. The molecule has 0 aliphatic heterocycles. The first-order chi connectivity index (χ1) is 10.4. The van der Waals surface area contributed by atoms with Crippen molar-refractivity contribution in [3.8, 4) is 6.07 Å². The van der Waals surface area contributed by atoms with Crippen LogP contribution in [0.4, 0.5) is 0 Å². The third-order valence-corrected chi connectivity index (χ3v) is 3.33. The molecule has 1 aromatic carbocycles. The van der Waals surface area contributed by atoms with Crippen molar-refractivity contribution in [1.29, 1.82) is 5.26 Å². The summed E-state index contributed by atoms with van der Waals surface area (Å²) in [6.07, 6.45) is 2.25. The van der Waals surface area contributed by atoms with Crippen LogP contribution in [0.3, 0.4) is 0 Å². The summed E-state index contributed by atoms with van der Waals surface area (Å²) in [5.41, 5.74) is 0.844. The van der Waals surface area contributed by atoms with E-state index in [4.69, 9.17) is 10.00 Å². The van der Waals surface area contributed by atoms with Crippen molar-refractivity contribution < 1.29 is 14.3 Å². The van der Waals surface area contributed by atoms with Gasteiger partial charge >= 0.3 is 5.97 Å². The molecular weight excluding hydrogens is 348 g/mol. The number of nitrogens with zero attached hydrogens (tertiary/aromatic N) is 2. The largest absolute Gasteiger partial charge is 0.449 e. The fourth-order valence-corrected chi connectivity index (χ4v) is 2.09. The third-order valence-electron chi connectivity index (χ3n) is 2.84. The summed E-state index contributed by atoms with van der Waals surface area (Å²) in [7, 11) is 1.57. The minimum absolute atomic E-state index is 0.242. The van der Waals surface area contributed by atoms with Crippen LogP contribution in [0.5, 0.6) is 0 Å². The Balaban J connectivity index is 2.53. The van der Waals surface area contributed by atoms with Crippen LogP contribution in [-0.4, -0.2) is 36.5 Å². The highest BCUT2D eigenvalue weighted by molar-refractivity contribution is 9.10. The molecule has 0 unspecified atom stereocenters. The molecule has 116 valence electrons. The van der Waals surface area contributed by atoms with Gasteiger partial charge in [0.2, 0.25) is 0 Å². The number of amides is 1. The zero-order chi connectivity index (χ0) is 16.5. The van der Waals surface area contributed by atoms with E-state index in [-0.39, 0.29) is 12.3 Å². The molecule has 0 N–H and O–H groups in total. The fourth-order valence-electron chi connectivity index (χ4n) is 1.68. The van der Waals surface area contributed by atoms with Gasteiger partial charge in [0.15, 0.2) is 6.10 Å². The molecule has 22 heavy (non-hydrogen) atoms. The lowest BCUT2D eigenvalue weighted by Crippen LogP contribution is -2.37. The van der Waals surface area contributed by atoms with Crippen molar-refractivity contribution in [2.75, 3.05) is 13.6 Å². The normalized spacial score (nSPS) is 11.7. The summed E-state index contributed by atoms with van der Waals surface area (Å²) in [4.78, 5) is 25.0. The Morgan fingerprint density at radius 3 is 2.86 bits per heavy atom. The standard InChI is InChI=1S/C16H17BrN2O3/c1-12(16(21)19(2)10-4-9-18)22-15(20)8-7-13-5-3-6-14(17)11-13/h3,5-8,11-12H,4,10H2,1-2H3/b8-7+/t12-/m0/s1. The van der Waals surface area contributed by atoms with Crippen molar-refractivity contribution in [1.82, 2.24) is 4.90 Å². The SMILES string of the molecule is C[C@H](OC(=O)/C=C/c1cccc(Br)c1)C(=O)N(C)CCC#N. The van der Waals surface area contributed by atoms with Crippen molar-refractivity contribution in [3.05, 3.63) is 40.4 Å². The molecule has 1 rings (SSSR count). The van der Waals surface area contributed by atoms with Gasteiger partial charge in [-0.3, -0.25) is 4.79 Å². The number of benzene rings is 1. The Bertz CT molecular complexity index is 608. The summed E-state index contributed by atoms with van der Waals surface area (Å²) in [6.45, 7) is 1.82. The monoisotopic (exact) mass is 364 g/mol. The minimum atomic E-state index is -0.886. The molecule has 0 saturated heterocycles. The van der Waals surface area contributed by atoms with Crippen LogP contribution < -0.4 is 0 Å². The first-order valence-corrected chi connectivity index (χ1v) is 7.49. The van der Waals surface area contributed by atoms with Gasteiger partial charge in [0.25, 0.3) is 5.91 Å². The van der Waals surface area contributed by atoms with Crippen LogP contribution in [0.25, 0.3) is 6.08 Å². The number of carbonyl (C=O) groups excluding carboxylic acids is 2. The molecule has 0 fully saturated rings. The van der Waals surface area contributed by atoms with Gasteiger partial charge in [0.1, 0.15) is 0 Å². The molecule has 6 heteroatoms. The predicted octanol–water partition coefficient (Wildman–Crippen LogP) is 2.77. The van der Waals surface area contributed by atoms with E-state index in [2.05, 4.69) is 15.9 Å². The summed E-state index contributed by atoms with van der Waals surface area (Å²) in [6, 6.07) is 9.40. The Kier molecular flexibility index (Phi) is 7.33. The van der Waals surface area contributed by atoms with Crippen molar-refractivity contribution in [2.24, 2.45) is 0 Å². The average molecular weight is 365 g/mol. The molecule has 1 aromatic rings.